The predicted octanol–water partition coefficient (Wildman–Crippen LogP) is 8.63. The lowest BCUT2D eigenvalue weighted by molar-refractivity contribution is 0.511. The standard InChI is InChI=1S/C36H35N3/c1-5-38-32-13-9-7-11-28(32)30-23-25(15-17-34(30)38)36(21-19-27(20-22-36)37(3)4)26-16-18-35-31(24-26)29-12-8-10-14-33(29)39(35)6-2/h7-21,23-24H,5-6,22H2,1-4H3. The van der Waals surface area contributed by atoms with E-state index in [-0.39, 0.29) is 5.41 Å². The summed E-state index contributed by atoms with van der Waals surface area (Å²) in [6.45, 7) is 6.39. The molecule has 4 aromatic carbocycles. The second-order valence-corrected chi connectivity index (χ2v) is 11.0. The van der Waals surface area contributed by atoms with Crippen molar-refractivity contribution in [3.8, 4) is 0 Å². The number of allylic oxidation sites excluding steroid dienone is 3. The van der Waals surface area contributed by atoms with Gasteiger partial charge in [0.15, 0.2) is 0 Å². The van der Waals surface area contributed by atoms with Gasteiger partial charge in [0.1, 0.15) is 0 Å². The fraction of sp³-hybridized carbons (Fsp3) is 0.222. The number of hydrogen-bond donors (Lipinski definition) is 0. The number of benzene rings is 4. The molecule has 0 spiro atoms. The average Bonchev–Trinajstić information content (AvgIpc) is 3.48. The van der Waals surface area contributed by atoms with E-state index in [4.69, 9.17) is 0 Å². The van der Waals surface area contributed by atoms with Crippen molar-refractivity contribution in [2.45, 2.75) is 38.8 Å². The smallest absolute Gasteiger partial charge is 0.0491 e. The molecule has 7 rings (SSSR count). The molecule has 3 nitrogen and oxygen atoms in total. The number of aromatic nitrogens is 2. The highest BCUT2D eigenvalue weighted by Gasteiger charge is 2.34. The van der Waals surface area contributed by atoms with Gasteiger partial charge in [-0.15, -0.1) is 0 Å². The molecule has 0 radical (unpaired) electrons. The summed E-state index contributed by atoms with van der Waals surface area (Å²) in [5, 5.41) is 5.34. The van der Waals surface area contributed by atoms with Gasteiger partial charge < -0.3 is 14.0 Å². The van der Waals surface area contributed by atoms with Crippen LogP contribution in [-0.2, 0) is 18.5 Å². The molecule has 0 saturated carbocycles. The van der Waals surface area contributed by atoms with Gasteiger partial charge in [-0.05, 0) is 73.9 Å². The molecule has 0 N–H and O–H groups in total. The summed E-state index contributed by atoms with van der Waals surface area (Å²) >= 11 is 0. The van der Waals surface area contributed by atoms with Crippen LogP contribution in [0.3, 0.4) is 0 Å². The number of rotatable bonds is 5. The molecule has 0 atom stereocenters. The summed E-state index contributed by atoms with van der Waals surface area (Å²) in [6, 6.07) is 32.0. The first kappa shape index (κ1) is 23.8. The van der Waals surface area contributed by atoms with Crippen LogP contribution in [-0.4, -0.2) is 28.1 Å². The zero-order valence-corrected chi connectivity index (χ0v) is 23.3. The van der Waals surface area contributed by atoms with Gasteiger partial charge in [-0.25, -0.2) is 0 Å². The van der Waals surface area contributed by atoms with Crippen molar-refractivity contribution in [1.82, 2.24) is 14.0 Å². The minimum absolute atomic E-state index is 0.243. The molecule has 0 saturated heterocycles. The lowest BCUT2D eigenvalue weighted by atomic mass is 9.69. The molecule has 0 unspecified atom stereocenters. The molecular formula is C36H35N3. The van der Waals surface area contributed by atoms with Crippen LogP contribution in [0.4, 0.5) is 0 Å². The molecule has 0 bridgehead atoms. The Hall–Kier alpha value is -4.24. The molecule has 1 aliphatic carbocycles. The number of aryl methyl sites for hydroxylation is 2. The topological polar surface area (TPSA) is 13.1 Å². The molecule has 194 valence electrons. The predicted molar refractivity (Wildman–Crippen MR) is 167 cm³/mol. The van der Waals surface area contributed by atoms with Crippen LogP contribution in [0.5, 0.6) is 0 Å². The van der Waals surface area contributed by atoms with E-state index >= 15 is 0 Å². The largest absolute Gasteiger partial charge is 0.378 e. The Kier molecular flexibility index (Phi) is 5.45. The molecule has 0 aliphatic heterocycles. The summed E-state index contributed by atoms with van der Waals surface area (Å²) < 4.78 is 4.88. The Labute approximate surface area is 230 Å². The summed E-state index contributed by atoms with van der Waals surface area (Å²) in [4.78, 5) is 2.20. The maximum absolute atomic E-state index is 2.46. The lowest BCUT2D eigenvalue weighted by Gasteiger charge is -2.35. The van der Waals surface area contributed by atoms with Crippen molar-refractivity contribution >= 4 is 43.6 Å². The Bertz CT molecular complexity index is 1820. The zero-order chi connectivity index (χ0) is 26.7. The van der Waals surface area contributed by atoms with Crippen molar-refractivity contribution in [3.63, 3.8) is 0 Å². The normalized spacial score (nSPS) is 15.0. The molecule has 6 aromatic rings. The average molecular weight is 510 g/mol. The highest BCUT2D eigenvalue weighted by atomic mass is 15.1. The van der Waals surface area contributed by atoms with Crippen molar-refractivity contribution in [2.75, 3.05) is 14.1 Å². The van der Waals surface area contributed by atoms with Gasteiger partial charge in [0.05, 0.1) is 0 Å². The third-order valence-corrected chi connectivity index (χ3v) is 8.90. The van der Waals surface area contributed by atoms with Gasteiger partial charge in [-0.2, -0.15) is 0 Å². The van der Waals surface area contributed by atoms with Gasteiger partial charge in [0, 0.05) is 81.9 Å². The molecule has 1 aliphatic rings. The first-order valence-corrected chi connectivity index (χ1v) is 14.2. The van der Waals surface area contributed by atoms with Crippen molar-refractivity contribution in [3.05, 3.63) is 120 Å². The van der Waals surface area contributed by atoms with E-state index in [0.29, 0.717) is 0 Å². The van der Waals surface area contributed by atoms with E-state index < -0.39 is 0 Å². The maximum atomic E-state index is 2.46. The van der Waals surface area contributed by atoms with E-state index in [9.17, 15) is 0 Å². The van der Waals surface area contributed by atoms with Crippen LogP contribution in [0.2, 0.25) is 0 Å². The second-order valence-electron chi connectivity index (χ2n) is 11.0. The Morgan fingerprint density at radius 2 is 1.13 bits per heavy atom. The number of nitrogens with zero attached hydrogens (tertiary/aromatic N) is 3. The van der Waals surface area contributed by atoms with Crippen LogP contribution in [0.25, 0.3) is 43.6 Å². The third kappa shape index (κ3) is 3.42. The van der Waals surface area contributed by atoms with E-state index in [1.54, 1.807) is 0 Å². The van der Waals surface area contributed by atoms with E-state index in [2.05, 4.69) is 145 Å². The Morgan fingerprint density at radius 1 is 0.641 bits per heavy atom. The minimum atomic E-state index is -0.243. The van der Waals surface area contributed by atoms with Crippen LogP contribution in [0, 0.1) is 0 Å². The number of hydrogen-bond acceptors (Lipinski definition) is 1. The van der Waals surface area contributed by atoms with Crippen molar-refractivity contribution in [2.24, 2.45) is 0 Å². The molecular weight excluding hydrogens is 474 g/mol. The van der Waals surface area contributed by atoms with Crippen molar-refractivity contribution in [1.29, 1.82) is 0 Å². The first-order chi connectivity index (χ1) is 19.1. The van der Waals surface area contributed by atoms with Crippen LogP contribution >= 0.6 is 0 Å². The molecule has 39 heavy (non-hydrogen) atoms. The minimum Gasteiger partial charge on any atom is -0.378 e. The lowest BCUT2D eigenvalue weighted by Crippen LogP contribution is -2.28. The Morgan fingerprint density at radius 3 is 1.56 bits per heavy atom. The number of fused-ring (bicyclic) bond motifs is 6. The van der Waals surface area contributed by atoms with Gasteiger partial charge in [-0.3, -0.25) is 0 Å². The molecule has 2 heterocycles. The highest BCUT2D eigenvalue weighted by molar-refractivity contribution is 6.09. The summed E-state index contributed by atoms with van der Waals surface area (Å²) in [5.41, 5.74) is 8.95. The van der Waals surface area contributed by atoms with Gasteiger partial charge in [0.25, 0.3) is 0 Å². The third-order valence-electron chi connectivity index (χ3n) is 8.90. The van der Waals surface area contributed by atoms with E-state index in [1.165, 1.54) is 60.4 Å². The highest BCUT2D eigenvalue weighted by Crippen LogP contribution is 2.44. The summed E-state index contributed by atoms with van der Waals surface area (Å²) in [6.07, 6.45) is 8.08. The SMILES string of the molecule is CCn1c2ccccc2c2cc(C3(c4ccc5c(c4)c4ccccc4n5CC)C=CC(N(C)C)=CC3)ccc21. The second kappa shape index (κ2) is 8.91. The molecule has 0 amide bonds. The summed E-state index contributed by atoms with van der Waals surface area (Å²) in [7, 11) is 4.25. The van der Waals surface area contributed by atoms with Crippen LogP contribution in [0.15, 0.2) is 109 Å². The summed E-state index contributed by atoms with van der Waals surface area (Å²) in [5.74, 6) is 0. The van der Waals surface area contributed by atoms with Gasteiger partial charge in [0.2, 0.25) is 0 Å². The van der Waals surface area contributed by atoms with Gasteiger partial charge >= 0.3 is 0 Å². The zero-order valence-electron chi connectivity index (χ0n) is 23.3. The van der Waals surface area contributed by atoms with E-state index in [0.717, 1.165) is 19.5 Å². The molecule has 0 fully saturated rings. The number of para-hydroxylation sites is 2. The fourth-order valence-electron chi connectivity index (χ4n) is 6.90. The molecule has 3 heteroatoms. The van der Waals surface area contributed by atoms with Gasteiger partial charge in [-0.1, -0.05) is 60.7 Å². The van der Waals surface area contributed by atoms with Crippen molar-refractivity contribution < 1.29 is 0 Å². The maximum Gasteiger partial charge on any atom is 0.0491 e. The number of likely N-dealkylation sites (N-methyl/N-ethyl adjacent to an activating group) is 1. The Balaban J connectivity index is 1.50. The quantitative estimate of drug-likeness (QED) is 0.227. The fourth-order valence-corrected chi connectivity index (χ4v) is 6.90. The van der Waals surface area contributed by atoms with Crippen LogP contribution < -0.4 is 0 Å². The van der Waals surface area contributed by atoms with Crippen LogP contribution in [0.1, 0.15) is 31.4 Å². The molecule has 2 aromatic heterocycles. The van der Waals surface area contributed by atoms with E-state index in [1.807, 2.05) is 0 Å². The monoisotopic (exact) mass is 509 g/mol. The first-order valence-electron chi connectivity index (χ1n) is 14.2.